The number of carbonyl (C=O) groups excluding carboxylic acids is 1. The molecule has 0 aliphatic carbocycles. The number of amides is 2. The van der Waals surface area contributed by atoms with Gasteiger partial charge in [-0.05, 0) is 42.7 Å². The van der Waals surface area contributed by atoms with E-state index in [0.717, 1.165) is 41.3 Å². The molecule has 2 amide bonds. The first kappa shape index (κ1) is 19.0. The first-order valence-corrected chi connectivity index (χ1v) is 9.77. The lowest BCUT2D eigenvalue weighted by Gasteiger charge is -2.42. The van der Waals surface area contributed by atoms with E-state index in [1.165, 1.54) is 0 Å². The molecule has 1 saturated heterocycles. The second-order valence-electron chi connectivity index (χ2n) is 7.49. The van der Waals surface area contributed by atoms with Gasteiger partial charge in [0.05, 0.1) is 18.5 Å². The predicted molar refractivity (Wildman–Crippen MR) is 113 cm³/mol. The summed E-state index contributed by atoms with van der Waals surface area (Å²) in [6.07, 6.45) is 4.38. The van der Waals surface area contributed by atoms with Gasteiger partial charge < -0.3 is 24.8 Å². The van der Waals surface area contributed by atoms with Gasteiger partial charge in [0.1, 0.15) is 23.5 Å². The van der Waals surface area contributed by atoms with E-state index in [1.54, 1.807) is 13.4 Å². The summed E-state index contributed by atoms with van der Waals surface area (Å²) in [5.41, 5.74) is 1.57. The lowest BCUT2D eigenvalue weighted by atomic mass is 9.92. The minimum atomic E-state index is -0.0880. The van der Waals surface area contributed by atoms with Crippen LogP contribution in [0.4, 0.5) is 16.3 Å². The monoisotopic (exact) mass is 394 g/mol. The number of aromatic amines is 1. The van der Waals surface area contributed by atoms with E-state index >= 15 is 0 Å². The first-order chi connectivity index (χ1) is 14.1. The van der Waals surface area contributed by atoms with Crippen molar-refractivity contribution in [1.82, 2.24) is 19.9 Å². The van der Waals surface area contributed by atoms with Crippen LogP contribution in [0.2, 0.25) is 0 Å². The number of benzene rings is 1. The third-order valence-corrected chi connectivity index (χ3v) is 5.71. The summed E-state index contributed by atoms with van der Waals surface area (Å²) in [7, 11) is 3.67. The number of urea groups is 1. The Balaban J connectivity index is 1.48. The Labute approximate surface area is 169 Å². The van der Waals surface area contributed by atoms with E-state index in [4.69, 9.17) is 4.74 Å². The lowest BCUT2D eigenvalue weighted by Crippen LogP contribution is -2.53. The molecule has 1 aliphatic heterocycles. The highest BCUT2D eigenvalue weighted by Gasteiger charge is 2.32. The highest BCUT2D eigenvalue weighted by Crippen LogP contribution is 2.29. The molecule has 2 atom stereocenters. The molecule has 2 N–H and O–H groups in total. The van der Waals surface area contributed by atoms with Crippen LogP contribution in [0, 0.1) is 5.92 Å². The Kier molecular flexibility index (Phi) is 5.24. The average molecular weight is 394 g/mol. The number of hydrogen-bond donors (Lipinski definition) is 2. The molecular formula is C21H26N6O2. The fourth-order valence-corrected chi connectivity index (χ4v) is 3.91. The van der Waals surface area contributed by atoms with Crippen molar-refractivity contribution in [2.45, 2.75) is 19.4 Å². The molecule has 3 aromatic rings. The number of methoxy groups -OCH3 is 1. The molecule has 1 aromatic carbocycles. The van der Waals surface area contributed by atoms with Crippen LogP contribution in [0.1, 0.15) is 13.3 Å². The Morgan fingerprint density at radius 3 is 2.83 bits per heavy atom. The van der Waals surface area contributed by atoms with Crippen molar-refractivity contribution in [2.75, 3.05) is 37.5 Å². The molecule has 1 aliphatic rings. The fourth-order valence-electron chi connectivity index (χ4n) is 3.91. The molecule has 8 nitrogen and oxygen atoms in total. The Bertz CT molecular complexity index is 986. The van der Waals surface area contributed by atoms with Crippen molar-refractivity contribution >= 4 is 28.6 Å². The number of anilines is 2. The number of nitrogens with zero attached hydrogens (tertiary/aromatic N) is 4. The van der Waals surface area contributed by atoms with Crippen LogP contribution in [-0.4, -0.2) is 59.2 Å². The SMILES string of the molecule is COc1ccc(NC(=O)N2CCC(C)C(N(C)c3ncnc4[nH]ccc34)C2)cc1. The van der Waals surface area contributed by atoms with Gasteiger partial charge in [0.25, 0.3) is 0 Å². The van der Waals surface area contributed by atoms with Gasteiger partial charge in [0.15, 0.2) is 0 Å². The van der Waals surface area contributed by atoms with Crippen molar-refractivity contribution in [2.24, 2.45) is 5.92 Å². The normalized spacial score (nSPS) is 19.2. The van der Waals surface area contributed by atoms with Crippen LogP contribution in [0.3, 0.4) is 0 Å². The van der Waals surface area contributed by atoms with Gasteiger partial charge in [0.2, 0.25) is 0 Å². The van der Waals surface area contributed by atoms with E-state index in [0.29, 0.717) is 12.5 Å². The van der Waals surface area contributed by atoms with Crippen LogP contribution in [0.5, 0.6) is 5.75 Å². The Morgan fingerprint density at radius 1 is 1.28 bits per heavy atom. The van der Waals surface area contributed by atoms with Crippen LogP contribution >= 0.6 is 0 Å². The number of likely N-dealkylation sites (tertiary alicyclic amines) is 1. The Morgan fingerprint density at radius 2 is 2.07 bits per heavy atom. The van der Waals surface area contributed by atoms with Crippen molar-refractivity contribution < 1.29 is 9.53 Å². The van der Waals surface area contributed by atoms with Gasteiger partial charge in [-0.1, -0.05) is 6.92 Å². The smallest absolute Gasteiger partial charge is 0.321 e. The van der Waals surface area contributed by atoms with Gasteiger partial charge >= 0.3 is 6.03 Å². The molecule has 0 spiro atoms. The Hall–Kier alpha value is -3.29. The topological polar surface area (TPSA) is 86.4 Å². The van der Waals surface area contributed by atoms with Crippen LogP contribution < -0.4 is 15.0 Å². The van der Waals surface area contributed by atoms with Gasteiger partial charge in [-0.3, -0.25) is 0 Å². The molecule has 3 heterocycles. The summed E-state index contributed by atoms with van der Waals surface area (Å²) in [5.74, 6) is 2.08. The zero-order valence-corrected chi connectivity index (χ0v) is 16.9. The highest BCUT2D eigenvalue weighted by molar-refractivity contribution is 5.90. The molecule has 0 bridgehead atoms. The van der Waals surface area contributed by atoms with E-state index < -0.39 is 0 Å². The highest BCUT2D eigenvalue weighted by atomic mass is 16.5. The summed E-state index contributed by atoms with van der Waals surface area (Å²) in [4.78, 5) is 28.8. The number of aromatic nitrogens is 3. The molecule has 0 radical (unpaired) electrons. The number of H-pyrrole nitrogens is 1. The summed E-state index contributed by atoms with van der Waals surface area (Å²) >= 11 is 0. The minimum Gasteiger partial charge on any atom is -0.497 e. The van der Waals surface area contributed by atoms with Crippen molar-refractivity contribution in [3.8, 4) is 5.75 Å². The maximum Gasteiger partial charge on any atom is 0.321 e. The van der Waals surface area contributed by atoms with Gasteiger partial charge in [-0.2, -0.15) is 0 Å². The second kappa shape index (κ2) is 7.98. The van der Waals surface area contributed by atoms with Gasteiger partial charge in [0, 0.05) is 32.0 Å². The number of hydrogen-bond acceptors (Lipinski definition) is 5. The van der Waals surface area contributed by atoms with Crippen molar-refractivity contribution in [3.63, 3.8) is 0 Å². The predicted octanol–water partition coefficient (Wildman–Crippen LogP) is 3.35. The van der Waals surface area contributed by atoms with Crippen LogP contribution in [-0.2, 0) is 0 Å². The summed E-state index contributed by atoms with van der Waals surface area (Å²) < 4.78 is 5.17. The van der Waals surface area contributed by atoms with Crippen LogP contribution in [0.15, 0.2) is 42.9 Å². The number of ether oxygens (including phenoxy) is 1. The molecular weight excluding hydrogens is 368 g/mol. The molecule has 2 unspecified atom stereocenters. The molecule has 4 rings (SSSR count). The van der Waals surface area contributed by atoms with E-state index in [1.807, 2.05) is 48.5 Å². The van der Waals surface area contributed by atoms with Gasteiger partial charge in [-0.15, -0.1) is 0 Å². The third-order valence-electron chi connectivity index (χ3n) is 5.71. The third kappa shape index (κ3) is 3.83. The standard InChI is InChI=1S/C21H26N6O2/c1-14-9-11-27(21(28)25-15-4-6-16(29-3)7-5-15)12-18(14)26(2)20-17-8-10-22-19(17)23-13-24-20/h4-8,10,13-14,18H,9,11-12H2,1-3H3,(H,25,28)(H,22,23,24). The number of piperidine rings is 1. The summed E-state index contributed by atoms with van der Waals surface area (Å²) in [6.45, 7) is 3.60. The maximum absolute atomic E-state index is 12.8. The number of likely N-dealkylation sites (N-methyl/N-ethyl adjacent to an activating group) is 1. The number of carbonyl (C=O) groups is 1. The van der Waals surface area contributed by atoms with Gasteiger partial charge in [-0.25, -0.2) is 14.8 Å². The quantitative estimate of drug-likeness (QED) is 0.709. The summed E-state index contributed by atoms with van der Waals surface area (Å²) in [6, 6.07) is 9.42. The molecule has 1 fully saturated rings. The van der Waals surface area contributed by atoms with Crippen molar-refractivity contribution in [3.05, 3.63) is 42.9 Å². The lowest BCUT2D eigenvalue weighted by molar-refractivity contribution is 0.172. The molecule has 29 heavy (non-hydrogen) atoms. The number of rotatable bonds is 4. The van der Waals surface area contributed by atoms with E-state index in [-0.39, 0.29) is 12.1 Å². The first-order valence-electron chi connectivity index (χ1n) is 9.77. The fraction of sp³-hybridized carbons (Fsp3) is 0.381. The largest absolute Gasteiger partial charge is 0.497 e. The maximum atomic E-state index is 12.8. The van der Waals surface area contributed by atoms with E-state index in [9.17, 15) is 4.79 Å². The molecule has 152 valence electrons. The zero-order chi connectivity index (χ0) is 20.4. The van der Waals surface area contributed by atoms with Crippen molar-refractivity contribution in [1.29, 1.82) is 0 Å². The summed E-state index contributed by atoms with van der Waals surface area (Å²) in [5, 5.41) is 3.97. The molecule has 0 saturated carbocycles. The number of fused-ring (bicyclic) bond motifs is 1. The average Bonchev–Trinajstić information content (AvgIpc) is 3.23. The second-order valence-corrected chi connectivity index (χ2v) is 7.49. The van der Waals surface area contributed by atoms with Crippen LogP contribution in [0.25, 0.3) is 11.0 Å². The molecule has 2 aromatic heterocycles. The zero-order valence-electron chi connectivity index (χ0n) is 16.9. The number of nitrogens with one attached hydrogen (secondary N) is 2. The molecule has 8 heteroatoms. The minimum absolute atomic E-state index is 0.0880. The van der Waals surface area contributed by atoms with E-state index in [2.05, 4.69) is 32.1 Å².